The van der Waals surface area contributed by atoms with Gasteiger partial charge < -0.3 is 19.6 Å². The van der Waals surface area contributed by atoms with E-state index >= 15 is 0 Å². The predicted octanol–water partition coefficient (Wildman–Crippen LogP) is 3.10. The van der Waals surface area contributed by atoms with E-state index in [-0.39, 0.29) is 48.2 Å². The maximum Gasteiger partial charge on any atom is 0.325 e. The number of aliphatic hydroxyl groups excluding tert-OH is 1. The van der Waals surface area contributed by atoms with Gasteiger partial charge in [-0.3, -0.25) is 14.5 Å². The second kappa shape index (κ2) is 11.7. The molecule has 0 atom stereocenters. The van der Waals surface area contributed by atoms with Crippen molar-refractivity contribution in [2.24, 2.45) is 0 Å². The largest absolute Gasteiger partial charge is 0.465 e. The van der Waals surface area contributed by atoms with E-state index in [4.69, 9.17) is 27.9 Å². The summed E-state index contributed by atoms with van der Waals surface area (Å²) >= 11 is 12.2. The Kier molecular flexibility index (Phi) is 8.87. The Morgan fingerprint density at radius 2 is 1.86 bits per heavy atom. The number of aryl methyl sites for hydroxylation is 2. The fraction of sp³-hybridized carbons (Fsp3) is 0.435. The molecule has 0 bridgehead atoms. The standard InChI is InChI=1S/C23H27Cl2N5O5/c1-4-15-11-16(29(8-9-31)22(33)18-20(24)26-13-27-21(18)25)10-14(3)19(15)30-7-6-28(23(30)34)12-17(32)35-5-2/h10-11,13,31H,4-9,12H2,1-3H3. The summed E-state index contributed by atoms with van der Waals surface area (Å²) in [4.78, 5) is 50.4. The van der Waals surface area contributed by atoms with E-state index in [2.05, 4.69) is 9.97 Å². The second-order valence-corrected chi connectivity index (χ2v) is 8.51. The third-order valence-corrected chi connectivity index (χ3v) is 6.16. The molecular formula is C23H27Cl2N5O5. The van der Waals surface area contributed by atoms with Crippen molar-refractivity contribution in [3.8, 4) is 0 Å². The molecule has 1 aromatic heterocycles. The maximum absolute atomic E-state index is 13.3. The highest BCUT2D eigenvalue weighted by Crippen LogP contribution is 2.34. The van der Waals surface area contributed by atoms with Gasteiger partial charge in [-0.25, -0.2) is 14.8 Å². The minimum Gasteiger partial charge on any atom is -0.465 e. The van der Waals surface area contributed by atoms with Crippen molar-refractivity contribution in [1.82, 2.24) is 14.9 Å². The van der Waals surface area contributed by atoms with Crippen molar-refractivity contribution in [1.29, 1.82) is 0 Å². The number of aliphatic hydroxyl groups is 1. The van der Waals surface area contributed by atoms with E-state index < -0.39 is 11.9 Å². The topological polar surface area (TPSA) is 116 Å². The Hall–Kier alpha value is -2.95. The molecule has 1 fully saturated rings. The number of rotatable bonds is 9. The summed E-state index contributed by atoms with van der Waals surface area (Å²) < 4.78 is 4.97. The fourth-order valence-corrected chi connectivity index (χ4v) is 4.52. The number of benzene rings is 1. The summed E-state index contributed by atoms with van der Waals surface area (Å²) in [5.41, 5.74) is 2.75. The Morgan fingerprint density at radius 3 is 2.46 bits per heavy atom. The van der Waals surface area contributed by atoms with Crippen LogP contribution in [0, 0.1) is 6.92 Å². The zero-order valence-electron chi connectivity index (χ0n) is 19.8. The van der Waals surface area contributed by atoms with Crippen LogP contribution in [0.15, 0.2) is 18.5 Å². The van der Waals surface area contributed by atoms with E-state index in [1.165, 1.54) is 9.80 Å². The minimum atomic E-state index is -0.554. The summed E-state index contributed by atoms with van der Waals surface area (Å²) in [6.07, 6.45) is 1.73. The number of hydrogen-bond donors (Lipinski definition) is 1. The van der Waals surface area contributed by atoms with Crippen molar-refractivity contribution in [2.45, 2.75) is 27.2 Å². The average Bonchev–Trinajstić information content (AvgIpc) is 3.16. The summed E-state index contributed by atoms with van der Waals surface area (Å²) in [5.74, 6) is -1.01. The molecule has 12 heteroatoms. The smallest absolute Gasteiger partial charge is 0.325 e. The molecule has 3 amide bonds. The minimum absolute atomic E-state index is 0.0156. The number of carbonyl (C=O) groups is 3. The molecule has 0 unspecified atom stereocenters. The van der Waals surface area contributed by atoms with Gasteiger partial charge in [-0.2, -0.15) is 0 Å². The number of carbonyl (C=O) groups excluding carboxylic acids is 3. The van der Waals surface area contributed by atoms with Crippen LogP contribution in [-0.4, -0.2) is 77.3 Å². The second-order valence-electron chi connectivity index (χ2n) is 7.80. The van der Waals surface area contributed by atoms with Gasteiger partial charge in [0, 0.05) is 25.3 Å². The van der Waals surface area contributed by atoms with E-state index in [0.29, 0.717) is 25.2 Å². The first-order chi connectivity index (χ1) is 16.7. The molecule has 1 aliphatic heterocycles. The predicted molar refractivity (Wildman–Crippen MR) is 132 cm³/mol. The lowest BCUT2D eigenvalue weighted by atomic mass is 10.0. The van der Waals surface area contributed by atoms with Crippen molar-refractivity contribution < 1.29 is 24.2 Å². The molecule has 1 aliphatic rings. The molecule has 2 aromatic rings. The van der Waals surface area contributed by atoms with E-state index in [1.807, 2.05) is 13.8 Å². The van der Waals surface area contributed by atoms with Crippen LogP contribution in [0.2, 0.25) is 10.3 Å². The monoisotopic (exact) mass is 523 g/mol. The number of esters is 1. The van der Waals surface area contributed by atoms with Gasteiger partial charge in [0.2, 0.25) is 0 Å². The Morgan fingerprint density at radius 1 is 1.17 bits per heavy atom. The molecule has 35 heavy (non-hydrogen) atoms. The summed E-state index contributed by atoms with van der Waals surface area (Å²) in [6, 6.07) is 3.27. The van der Waals surface area contributed by atoms with Crippen LogP contribution in [0.5, 0.6) is 0 Å². The zero-order chi connectivity index (χ0) is 25.7. The molecule has 10 nitrogen and oxygen atoms in total. The molecule has 1 N–H and O–H groups in total. The molecule has 0 radical (unpaired) electrons. The van der Waals surface area contributed by atoms with Crippen LogP contribution in [0.25, 0.3) is 0 Å². The van der Waals surface area contributed by atoms with Crippen molar-refractivity contribution in [2.75, 3.05) is 49.2 Å². The molecule has 188 valence electrons. The third-order valence-electron chi connectivity index (χ3n) is 5.58. The quantitative estimate of drug-likeness (QED) is 0.396. The lowest BCUT2D eigenvalue weighted by Crippen LogP contribution is -2.37. The Labute approximate surface area is 213 Å². The lowest BCUT2D eigenvalue weighted by molar-refractivity contribution is -0.143. The highest BCUT2D eigenvalue weighted by atomic mass is 35.5. The zero-order valence-corrected chi connectivity index (χ0v) is 21.3. The first-order valence-electron chi connectivity index (χ1n) is 11.2. The Balaban J connectivity index is 1.96. The summed E-state index contributed by atoms with van der Waals surface area (Å²) in [6.45, 7) is 6.12. The van der Waals surface area contributed by atoms with Crippen LogP contribution in [0.4, 0.5) is 16.2 Å². The number of anilines is 2. The molecule has 1 aromatic carbocycles. The molecule has 3 rings (SSSR count). The third kappa shape index (κ3) is 5.66. The van der Waals surface area contributed by atoms with Gasteiger partial charge in [-0.05, 0) is 43.5 Å². The summed E-state index contributed by atoms with van der Waals surface area (Å²) in [7, 11) is 0. The van der Waals surface area contributed by atoms with Crippen LogP contribution in [0.1, 0.15) is 35.3 Å². The highest BCUT2D eigenvalue weighted by molar-refractivity contribution is 6.39. The van der Waals surface area contributed by atoms with Gasteiger partial charge in [-0.15, -0.1) is 0 Å². The number of nitrogens with zero attached hydrogens (tertiary/aromatic N) is 5. The molecule has 0 spiro atoms. The van der Waals surface area contributed by atoms with Crippen LogP contribution in [-0.2, 0) is 16.0 Å². The van der Waals surface area contributed by atoms with Crippen molar-refractivity contribution in [3.05, 3.63) is 45.5 Å². The van der Waals surface area contributed by atoms with Gasteiger partial charge in [0.15, 0.2) is 0 Å². The van der Waals surface area contributed by atoms with Crippen LogP contribution in [0.3, 0.4) is 0 Å². The molecular weight excluding hydrogens is 497 g/mol. The maximum atomic E-state index is 13.3. The first kappa shape index (κ1) is 26.7. The van der Waals surface area contributed by atoms with Gasteiger partial charge in [0.1, 0.15) is 28.7 Å². The van der Waals surface area contributed by atoms with Gasteiger partial charge >= 0.3 is 12.0 Å². The van der Waals surface area contributed by atoms with Crippen LogP contribution < -0.4 is 9.80 Å². The number of hydrogen-bond acceptors (Lipinski definition) is 7. The lowest BCUT2D eigenvalue weighted by Gasteiger charge is -2.27. The SMILES string of the molecule is CCOC(=O)CN1CCN(c2c(C)cc(N(CCO)C(=O)c3c(Cl)ncnc3Cl)cc2CC)C1=O. The molecule has 1 saturated heterocycles. The van der Waals surface area contributed by atoms with Crippen molar-refractivity contribution >= 4 is 52.5 Å². The van der Waals surface area contributed by atoms with Gasteiger partial charge in [0.05, 0.1) is 18.9 Å². The Bertz CT molecular complexity index is 1110. The first-order valence-corrected chi connectivity index (χ1v) is 11.9. The van der Waals surface area contributed by atoms with E-state index in [0.717, 1.165) is 23.1 Å². The molecule has 0 saturated carbocycles. The number of amides is 3. The number of urea groups is 1. The highest BCUT2D eigenvalue weighted by Gasteiger charge is 2.34. The van der Waals surface area contributed by atoms with Crippen LogP contribution >= 0.6 is 23.2 Å². The number of ether oxygens (including phenoxy) is 1. The van der Waals surface area contributed by atoms with Gasteiger partial charge in [-0.1, -0.05) is 30.1 Å². The fourth-order valence-electron chi connectivity index (χ4n) is 4.05. The molecule has 2 heterocycles. The normalized spacial score (nSPS) is 13.4. The molecule has 0 aliphatic carbocycles. The summed E-state index contributed by atoms with van der Waals surface area (Å²) in [5, 5.41) is 9.46. The van der Waals surface area contributed by atoms with E-state index in [9.17, 15) is 19.5 Å². The van der Waals surface area contributed by atoms with Crippen molar-refractivity contribution in [3.63, 3.8) is 0 Å². The average molecular weight is 524 g/mol. The number of halogens is 2. The number of aromatic nitrogens is 2. The van der Waals surface area contributed by atoms with E-state index in [1.54, 1.807) is 24.0 Å². The van der Waals surface area contributed by atoms with Gasteiger partial charge in [0.25, 0.3) is 5.91 Å².